The Kier molecular flexibility index (Phi) is 7.14. The van der Waals surface area contributed by atoms with Crippen molar-refractivity contribution in [1.82, 2.24) is 4.72 Å². The van der Waals surface area contributed by atoms with E-state index < -0.39 is 16.1 Å². The maximum atomic E-state index is 12.0. The highest BCUT2D eigenvalue weighted by Gasteiger charge is 2.13. The third-order valence-electron chi connectivity index (χ3n) is 2.81. The molecule has 1 aromatic rings. The first-order valence-electron chi connectivity index (χ1n) is 7.22. The van der Waals surface area contributed by atoms with Crippen molar-refractivity contribution in [1.29, 1.82) is 0 Å². The van der Waals surface area contributed by atoms with Crippen LogP contribution in [0.25, 0.3) is 0 Å². The number of nitrogens with one attached hydrogen (secondary N) is 1. The Balaban J connectivity index is 2.54. The lowest BCUT2D eigenvalue weighted by Gasteiger charge is -2.10. The van der Waals surface area contributed by atoms with Gasteiger partial charge in [-0.1, -0.05) is 13.8 Å². The summed E-state index contributed by atoms with van der Waals surface area (Å²) in [6.07, 6.45) is 0.767. The molecule has 0 aliphatic heterocycles. The molecule has 1 rings (SSSR count). The van der Waals surface area contributed by atoms with Crippen molar-refractivity contribution in [2.24, 2.45) is 5.92 Å². The first-order valence-corrected chi connectivity index (χ1v) is 8.70. The van der Waals surface area contributed by atoms with Crippen LogP contribution < -0.4 is 9.46 Å². The van der Waals surface area contributed by atoms with Gasteiger partial charge in [0.25, 0.3) is 0 Å². The highest BCUT2D eigenvalue weighted by Crippen LogP contribution is 2.16. The third kappa shape index (κ3) is 6.93. The van der Waals surface area contributed by atoms with Gasteiger partial charge in [-0.15, -0.1) is 0 Å². The first kappa shape index (κ1) is 17.9. The normalized spacial score (nSPS) is 13.4. The third-order valence-corrected chi connectivity index (χ3v) is 4.29. The molecule has 120 valence electrons. The molecule has 1 aromatic carbocycles. The average molecular weight is 315 g/mol. The predicted molar refractivity (Wildman–Crippen MR) is 82.9 cm³/mol. The van der Waals surface area contributed by atoms with Crippen molar-refractivity contribution in [2.75, 3.05) is 13.2 Å². The van der Waals surface area contributed by atoms with Crippen LogP contribution in [0.2, 0.25) is 0 Å². The van der Waals surface area contributed by atoms with Gasteiger partial charge < -0.3 is 9.84 Å². The first-order chi connectivity index (χ1) is 9.81. The molecule has 0 aliphatic carbocycles. The van der Waals surface area contributed by atoms with E-state index in [0.717, 1.165) is 0 Å². The van der Waals surface area contributed by atoms with Crippen LogP contribution >= 0.6 is 0 Å². The fraction of sp³-hybridized carbons (Fsp3) is 0.600. The van der Waals surface area contributed by atoms with E-state index in [-0.39, 0.29) is 4.90 Å². The summed E-state index contributed by atoms with van der Waals surface area (Å²) >= 11 is 0. The summed E-state index contributed by atoms with van der Waals surface area (Å²) in [5, 5.41) is 9.13. The molecule has 1 unspecified atom stereocenters. The molecule has 6 heteroatoms. The summed E-state index contributed by atoms with van der Waals surface area (Å²) < 4.78 is 32.1. The van der Waals surface area contributed by atoms with E-state index >= 15 is 0 Å². The minimum atomic E-state index is -3.49. The van der Waals surface area contributed by atoms with Crippen LogP contribution in [0, 0.1) is 5.92 Å². The van der Waals surface area contributed by atoms with Gasteiger partial charge in [-0.25, -0.2) is 13.1 Å². The second-order valence-electron chi connectivity index (χ2n) is 5.57. The smallest absolute Gasteiger partial charge is 0.240 e. The quantitative estimate of drug-likeness (QED) is 0.685. The van der Waals surface area contributed by atoms with Crippen molar-refractivity contribution in [3.05, 3.63) is 24.3 Å². The van der Waals surface area contributed by atoms with Crippen LogP contribution in [0.1, 0.15) is 33.6 Å². The molecule has 1 atom stereocenters. The van der Waals surface area contributed by atoms with Gasteiger partial charge in [0.05, 0.1) is 17.6 Å². The average Bonchev–Trinajstić information content (AvgIpc) is 2.41. The number of rotatable bonds is 9. The zero-order chi connectivity index (χ0) is 15.9. The number of ether oxygens (including phenoxy) is 1. The molecule has 5 nitrogen and oxygen atoms in total. The summed E-state index contributed by atoms with van der Waals surface area (Å²) in [4.78, 5) is 0.219. The second kappa shape index (κ2) is 8.36. The molecule has 2 N–H and O–H groups in total. The molecule has 0 heterocycles. The second-order valence-corrected chi connectivity index (χ2v) is 7.33. The van der Waals surface area contributed by atoms with Crippen LogP contribution in [0.5, 0.6) is 5.75 Å². The van der Waals surface area contributed by atoms with Crippen LogP contribution in [0.4, 0.5) is 0 Å². The van der Waals surface area contributed by atoms with Crippen molar-refractivity contribution in [2.45, 2.75) is 44.6 Å². The van der Waals surface area contributed by atoms with Gasteiger partial charge in [-0.3, -0.25) is 0 Å². The Morgan fingerprint density at radius 3 is 2.33 bits per heavy atom. The fourth-order valence-electron chi connectivity index (χ4n) is 1.67. The Morgan fingerprint density at radius 1 is 1.19 bits per heavy atom. The predicted octanol–water partition coefficient (Wildman–Crippen LogP) is 2.16. The Bertz CT molecular complexity index is 509. The SMILES string of the molecule is CC(C)COc1ccc(S(=O)(=O)NCCCC(C)O)cc1. The van der Waals surface area contributed by atoms with E-state index in [0.29, 0.717) is 37.7 Å². The van der Waals surface area contributed by atoms with E-state index in [4.69, 9.17) is 9.84 Å². The summed E-state index contributed by atoms with van der Waals surface area (Å²) in [7, 11) is -3.49. The standard InChI is InChI=1S/C15H25NO4S/c1-12(2)11-20-14-6-8-15(9-7-14)21(18,19)16-10-4-5-13(3)17/h6-9,12-13,16-17H,4-5,10-11H2,1-3H3. The van der Waals surface area contributed by atoms with Gasteiger partial charge >= 0.3 is 0 Å². The summed E-state index contributed by atoms with van der Waals surface area (Å²) in [6.45, 7) is 6.71. The van der Waals surface area contributed by atoms with Gasteiger partial charge in [-0.05, 0) is 49.9 Å². The molecule has 0 saturated heterocycles. The van der Waals surface area contributed by atoms with Gasteiger partial charge in [0.1, 0.15) is 5.75 Å². The topological polar surface area (TPSA) is 75.6 Å². The summed E-state index contributed by atoms with van der Waals surface area (Å²) in [6, 6.07) is 6.39. The number of benzene rings is 1. The molecule has 0 radical (unpaired) electrons. The molecule has 0 aromatic heterocycles. The Hall–Kier alpha value is -1.11. The van der Waals surface area contributed by atoms with Crippen LogP contribution in [-0.2, 0) is 10.0 Å². The summed E-state index contributed by atoms with van der Waals surface area (Å²) in [5.41, 5.74) is 0. The van der Waals surface area contributed by atoms with Crippen LogP contribution in [-0.4, -0.2) is 32.8 Å². The molecule has 0 spiro atoms. The number of aliphatic hydroxyl groups is 1. The Morgan fingerprint density at radius 2 is 1.81 bits per heavy atom. The van der Waals surface area contributed by atoms with Crippen molar-refractivity contribution >= 4 is 10.0 Å². The molecule has 0 fully saturated rings. The maximum absolute atomic E-state index is 12.0. The van der Waals surface area contributed by atoms with Gasteiger partial charge in [0.2, 0.25) is 10.0 Å². The fourth-order valence-corrected chi connectivity index (χ4v) is 2.74. The van der Waals surface area contributed by atoms with E-state index in [1.807, 2.05) is 0 Å². The van der Waals surface area contributed by atoms with E-state index in [1.165, 1.54) is 12.1 Å². The lowest BCUT2D eigenvalue weighted by Crippen LogP contribution is -2.25. The maximum Gasteiger partial charge on any atom is 0.240 e. The molecule has 0 saturated carbocycles. The minimum absolute atomic E-state index is 0.219. The monoisotopic (exact) mass is 315 g/mol. The number of sulfonamides is 1. The van der Waals surface area contributed by atoms with Crippen molar-refractivity contribution < 1.29 is 18.3 Å². The molecule has 0 aliphatic rings. The Labute approximate surface area is 127 Å². The van der Waals surface area contributed by atoms with Gasteiger partial charge in [0, 0.05) is 6.54 Å². The molecular weight excluding hydrogens is 290 g/mol. The summed E-state index contributed by atoms with van der Waals surface area (Å²) in [5.74, 6) is 1.08. The van der Waals surface area contributed by atoms with Crippen LogP contribution in [0.3, 0.4) is 0 Å². The molecular formula is C15H25NO4S. The van der Waals surface area contributed by atoms with Crippen molar-refractivity contribution in [3.8, 4) is 5.75 Å². The minimum Gasteiger partial charge on any atom is -0.493 e. The highest BCUT2D eigenvalue weighted by molar-refractivity contribution is 7.89. The van der Waals surface area contributed by atoms with E-state index in [1.54, 1.807) is 19.1 Å². The largest absolute Gasteiger partial charge is 0.493 e. The van der Waals surface area contributed by atoms with Crippen molar-refractivity contribution in [3.63, 3.8) is 0 Å². The van der Waals surface area contributed by atoms with Crippen LogP contribution in [0.15, 0.2) is 29.2 Å². The number of aliphatic hydroxyl groups excluding tert-OH is 1. The van der Waals surface area contributed by atoms with E-state index in [9.17, 15) is 8.42 Å². The highest BCUT2D eigenvalue weighted by atomic mass is 32.2. The van der Waals surface area contributed by atoms with Gasteiger partial charge in [0.15, 0.2) is 0 Å². The number of hydrogen-bond acceptors (Lipinski definition) is 4. The van der Waals surface area contributed by atoms with Gasteiger partial charge in [-0.2, -0.15) is 0 Å². The van der Waals surface area contributed by atoms with E-state index in [2.05, 4.69) is 18.6 Å². The molecule has 0 amide bonds. The number of hydrogen-bond donors (Lipinski definition) is 2. The zero-order valence-electron chi connectivity index (χ0n) is 12.9. The lowest BCUT2D eigenvalue weighted by molar-refractivity contribution is 0.182. The molecule has 21 heavy (non-hydrogen) atoms. The lowest BCUT2D eigenvalue weighted by atomic mass is 10.2. The zero-order valence-corrected chi connectivity index (χ0v) is 13.7. The molecule has 0 bridgehead atoms.